The summed E-state index contributed by atoms with van der Waals surface area (Å²) in [6.07, 6.45) is 0.0324. The number of likely N-dealkylation sites (N-methyl/N-ethyl adjacent to an activating group) is 1. The number of nitrogens with one attached hydrogen (secondary N) is 1. The van der Waals surface area contributed by atoms with Gasteiger partial charge in [-0.3, -0.25) is 14.5 Å². The van der Waals surface area contributed by atoms with Crippen molar-refractivity contribution in [1.82, 2.24) is 10.2 Å². The number of carbonyl (C=O) groups is 3. The van der Waals surface area contributed by atoms with Crippen LogP contribution in [0.4, 0.5) is 4.79 Å². The number of carboxylic acids is 1. The highest BCUT2D eigenvalue weighted by Crippen LogP contribution is 2.10. The first-order valence-electron chi connectivity index (χ1n) is 4.40. The molecule has 0 bridgehead atoms. The molecule has 1 rings (SSSR count). The van der Waals surface area contributed by atoms with E-state index in [2.05, 4.69) is 5.32 Å². The molecule has 0 spiro atoms. The highest BCUT2D eigenvalue weighted by Gasteiger charge is 2.36. The van der Waals surface area contributed by atoms with Crippen molar-refractivity contribution in [2.24, 2.45) is 0 Å². The Morgan fingerprint density at radius 2 is 2.21 bits per heavy atom. The van der Waals surface area contributed by atoms with Crippen molar-refractivity contribution in [3.8, 4) is 0 Å². The zero-order valence-corrected chi connectivity index (χ0v) is 7.82. The van der Waals surface area contributed by atoms with Gasteiger partial charge in [0.1, 0.15) is 6.04 Å². The van der Waals surface area contributed by atoms with Gasteiger partial charge < -0.3 is 10.4 Å². The van der Waals surface area contributed by atoms with Crippen molar-refractivity contribution in [2.45, 2.75) is 25.8 Å². The summed E-state index contributed by atoms with van der Waals surface area (Å²) in [5, 5.41) is 10.8. The van der Waals surface area contributed by atoms with Crippen LogP contribution >= 0.6 is 0 Å². The third-order valence-electron chi connectivity index (χ3n) is 2.07. The van der Waals surface area contributed by atoms with Crippen LogP contribution in [0, 0.1) is 0 Å². The summed E-state index contributed by atoms with van der Waals surface area (Å²) in [5.41, 5.74) is 0. The molecule has 0 unspecified atom stereocenters. The SMILES string of the molecule is CCN1C(=O)N[C@H](CCC(=O)O)C1=O. The molecule has 0 aromatic carbocycles. The van der Waals surface area contributed by atoms with E-state index in [9.17, 15) is 14.4 Å². The molecule has 14 heavy (non-hydrogen) atoms. The van der Waals surface area contributed by atoms with E-state index in [-0.39, 0.29) is 18.7 Å². The summed E-state index contributed by atoms with van der Waals surface area (Å²) < 4.78 is 0. The van der Waals surface area contributed by atoms with Crippen LogP contribution < -0.4 is 5.32 Å². The number of hydrogen-bond donors (Lipinski definition) is 2. The monoisotopic (exact) mass is 200 g/mol. The standard InChI is InChI=1S/C8H12N2O4/c1-2-10-7(13)5(9-8(10)14)3-4-6(11)12/h5H,2-4H2,1H3,(H,9,14)(H,11,12)/t5-/m1/s1. The van der Waals surface area contributed by atoms with Crippen LogP contribution in [0.2, 0.25) is 0 Å². The van der Waals surface area contributed by atoms with Gasteiger partial charge in [0, 0.05) is 13.0 Å². The topological polar surface area (TPSA) is 86.7 Å². The molecule has 1 heterocycles. The van der Waals surface area contributed by atoms with Gasteiger partial charge in [-0.2, -0.15) is 0 Å². The summed E-state index contributed by atoms with van der Waals surface area (Å²) >= 11 is 0. The molecule has 6 heteroatoms. The summed E-state index contributed by atoms with van der Waals surface area (Å²) in [4.78, 5) is 33.9. The summed E-state index contributed by atoms with van der Waals surface area (Å²) in [6.45, 7) is 2.01. The molecular formula is C8H12N2O4. The van der Waals surface area contributed by atoms with Crippen LogP contribution in [0.25, 0.3) is 0 Å². The highest BCUT2D eigenvalue weighted by atomic mass is 16.4. The first-order valence-corrected chi connectivity index (χ1v) is 4.40. The molecule has 0 saturated carbocycles. The first-order chi connectivity index (χ1) is 6.56. The lowest BCUT2D eigenvalue weighted by atomic mass is 10.1. The lowest BCUT2D eigenvalue weighted by Crippen LogP contribution is -2.31. The average Bonchev–Trinajstić information content (AvgIpc) is 2.38. The van der Waals surface area contributed by atoms with E-state index in [0.717, 1.165) is 4.90 Å². The summed E-state index contributed by atoms with van der Waals surface area (Å²) in [5.74, 6) is -1.30. The Hall–Kier alpha value is -1.59. The Kier molecular flexibility index (Phi) is 3.06. The van der Waals surface area contributed by atoms with E-state index in [1.165, 1.54) is 0 Å². The molecule has 0 aliphatic carbocycles. The maximum atomic E-state index is 11.4. The fraction of sp³-hybridized carbons (Fsp3) is 0.625. The summed E-state index contributed by atoms with van der Waals surface area (Å²) in [6, 6.07) is -1.11. The largest absolute Gasteiger partial charge is 0.481 e. The molecule has 0 aromatic rings. The number of nitrogens with zero attached hydrogens (tertiary/aromatic N) is 1. The number of urea groups is 1. The predicted octanol–water partition coefficient (Wildman–Crippen LogP) is -0.209. The van der Waals surface area contributed by atoms with Crippen LogP contribution in [0.1, 0.15) is 19.8 Å². The predicted molar refractivity (Wildman–Crippen MR) is 46.6 cm³/mol. The molecule has 1 fully saturated rings. The zero-order valence-electron chi connectivity index (χ0n) is 7.82. The zero-order chi connectivity index (χ0) is 10.7. The number of amides is 3. The lowest BCUT2D eigenvalue weighted by Gasteiger charge is -2.08. The number of imide groups is 1. The van der Waals surface area contributed by atoms with Gasteiger partial charge in [-0.25, -0.2) is 4.79 Å². The quantitative estimate of drug-likeness (QED) is 0.615. The van der Waals surface area contributed by atoms with Gasteiger partial charge in [-0.1, -0.05) is 0 Å². The van der Waals surface area contributed by atoms with Crippen molar-refractivity contribution in [3.63, 3.8) is 0 Å². The highest BCUT2D eigenvalue weighted by molar-refractivity contribution is 6.04. The van der Waals surface area contributed by atoms with Crippen LogP contribution in [0.3, 0.4) is 0 Å². The maximum absolute atomic E-state index is 11.4. The molecule has 78 valence electrons. The Labute approximate surface area is 80.9 Å². The molecular weight excluding hydrogens is 188 g/mol. The van der Waals surface area contributed by atoms with Gasteiger partial charge in [0.2, 0.25) is 0 Å². The molecule has 1 atom stereocenters. The molecule has 1 aliphatic heterocycles. The Bertz CT molecular complexity index is 277. The van der Waals surface area contributed by atoms with Crippen LogP contribution in [0.5, 0.6) is 0 Å². The minimum absolute atomic E-state index is 0.117. The number of hydrogen-bond acceptors (Lipinski definition) is 3. The fourth-order valence-electron chi connectivity index (χ4n) is 1.34. The third kappa shape index (κ3) is 2.01. The minimum Gasteiger partial charge on any atom is -0.481 e. The Balaban J connectivity index is 2.53. The van der Waals surface area contributed by atoms with Crippen LogP contribution in [0.15, 0.2) is 0 Å². The molecule has 3 amide bonds. The molecule has 6 nitrogen and oxygen atoms in total. The lowest BCUT2D eigenvalue weighted by molar-refractivity contribution is -0.137. The van der Waals surface area contributed by atoms with E-state index in [1.807, 2.05) is 0 Å². The Morgan fingerprint density at radius 1 is 1.57 bits per heavy atom. The second kappa shape index (κ2) is 4.08. The van der Waals surface area contributed by atoms with E-state index >= 15 is 0 Å². The molecule has 1 aliphatic rings. The van der Waals surface area contributed by atoms with Crippen molar-refractivity contribution in [1.29, 1.82) is 0 Å². The number of carbonyl (C=O) groups excluding carboxylic acids is 2. The van der Waals surface area contributed by atoms with Crippen molar-refractivity contribution < 1.29 is 19.5 Å². The average molecular weight is 200 g/mol. The van der Waals surface area contributed by atoms with Gasteiger partial charge in [-0.05, 0) is 13.3 Å². The van der Waals surface area contributed by atoms with Gasteiger partial charge >= 0.3 is 12.0 Å². The minimum atomic E-state index is -0.970. The molecule has 1 saturated heterocycles. The van der Waals surface area contributed by atoms with Gasteiger partial charge in [-0.15, -0.1) is 0 Å². The van der Waals surface area contributed by atoms with Crippen molar-refractivity contribution in [3.05, 3.63) is 0 Å². The van der Waals surface area contributed by atoms with Gasteiger partial charge in [0.25, 0.3) is 5.91 Å². The second-order valence-corrected chi connectivity index (χ2v) is 3.02. The van der Waals surface area contributed by atoms with Crippen molar-refractivity contribution in [2.75, 3.05) is 6.54 Å². The fourth-order valence-corrected chi connectivity index (χ4v) is 1.34. The number of aliphatic carboxylic acids is 1. The van der Waals surface area contributed by atoms with Crippen LogP contribution in [-0.2, 0) is 9.59 Å². The molecule has 2 N–H and O–H groups in total. The van der Waals surface area contributed by atoms with E-state index < -0.39 is 18.0 Å². The molecule has 0 radical (unpaired) electrons. The van der Waals surface area contributed by atoms with Gasteiger partial charge in [0.15, 0.2) is 0 Å². The van der Waals surface area contributed by atoms with Gasteiger partial charge in [0.05, 0.1) is 0 Å². The van der Waals surface area contributed by atoms with E-state index in [4.69, 9.17) is 5.11 Å². The van der Waals surface area contributed by atoms with E-state index in [1.54, 1.807) is 6.92 Å². The Morgan fingerprint density at radius 3 is 2.64 bits per heavy atom. The van der Waals surface area contributed by atoms with E-state index in [0.29, 0.717) is 6.54 Å². The van der Waals surface area contributed by atoms with Crippen LogP contribution in [-0.4, -0.2) is 40.5 Å². The smallest absolute Gasteiger partial charge is 0.324 e. The maximum Gasteiger partial charge on any atom is 0.324 e. The second-order valence-electron chi connectivity index (χ2n) is 3.02. The number of rotatable bonds is 4. The normalized spacial score (nSPS) is 21.2. The first kappa shape index (κ1) is 10.5. The number of carboxylic acid groups (broad SMARTS) is 1. The third-order valence-corrected chi connectivity index (χ3v) is 2.07. The van der Waals surface area contributed by atoms with Crippen molar-refractivity contribution >= 4 is 17.9 Å². The summed E-state index contributed by atoms with van der Waals surface area (Å²) in [7, 11) is 0. The molecule has 0 aromatic heterocycles.